The van der Waals surface area contributed by atoms with Crippen LogP contribution >= 0.6 is 0 Å². The molecule has 0 amide bonds. The summed E-state index contributed by atoms with van der Waals surface area (Å²) in [5.74, 6) is 2.48. The lowest BCUT2D eigenvalue weighted by molar-refractivity contribution is 0.628. The molecule has 0 saturated heterocycles. The molecule has 7 heteroatoms. The lowest BCUT2D eigenvalue weighted by atomic mass is 10.0. The highest BCUT2D eigenvalue weighted by atomic mass is 16.3. The number of hydrogen-bond acceptors (Lipinski definition) is 5. The molecule has 0 radical (unpaired) electrons. The molecule has 2 aromatic carbocycles. The van der Waals surface area contributed by atoms with Crippen LogP contribution < -0.4 is 0 Å². The van der Waals surface area contributed by atoms with Crippen LogP contribution in [0.1, 0.15) is 36.7 Å². The lowest BCUT2D eigenvalue weighted by Gasteiger charge is -2.09. The third kappa shape index (κ3) is 3.74. The minimum absolute atomic E-state index is 0.549. The maximum atomic E-state index is 6.29. The zero-order valence-electron chi connectivity index (χ0n) is 17.7. The molecule has 0 saturated carbocycles. The molecule has 5 aromatic rings. The predicted molar refractivity (Wildman–Crippen MR) is 119 cm³/mol. The minimum atomic E-state index is 0.549. The summed E-state index contributed by atoms with van der Waals surface area (Å²) in [5.41, 5.74) is 5.08. The van der Waals surface area contributed by atoms with Crippen molar-refractivity contribution < 1.29 is 4.42 Å². The molecule has 0 aliphatic carbocycles. The van der Waals surface area contributed by atoms with E-state index in [-0.39, 0.29) is 0 Å². The van der Waals surface area contributed by atoms with Gasteiger partial charge in [-0.1, -0.05) is 43.7 Å². The number of aryl methyl sites for hydroxylation is 2. The summed E-state index contributed by atoms with van der Waals surface area (Å²) in [6.07, 6.45) is 7.28. The molecule has 0 atom stereocenters. The zero-order valence-corrected chi connectivity index (χ0v) is 17.7. The Bertz CT molecular complexity index is 1320. The quantitative estimate of drug-likeness (QED) is 0.398. The second-order valence-corrected chi connectivity index (χ2v) is 7.80. The van der Waals surface area contributed by atoms with Crippen LogP contribution in [0, 0.1) is 6.92 Å². The first-order chi connectivity index (χ1) is 15.2. The number of rotatable bonds is 7. The van der Waals surface area contributed by atoms with E-state index in [0.29, 0.717) is 5.82 Å². The molecule has 0 spiro atoms. The minimum Gasteiger partial charge on any atom is -0.456 e. The topological polar surface area (TPSA) is 85.4 Å². The Kier molecular flexibility index (Phi) is 5.08. The van der Waals surface area contributed by atoms with E-state index in [1.54, 1.807) is 0 Å². The van der Waals surface area contributed by atoms with Crippen molar-refractivity contribution in [1.82, 2.24) is 30.2 Å². The number of H-pyrrole nitrogens is 1. The van der Waals surface area contributed by atoms with E-state index in [1.165, 1.54) is 12.0 Å². The van der Waals surface area contributed by atoms with Gasteiger partial charge in [0.15, 0.2) is 0 Å². The van der Waals surface area contributed by atoms with E-state index in [0.717, 1.165) is 58.6 Å². The van der Waals surface area contributed by atoms with Gasteiger partial charge in [-0.05, 0) is 41.8 Å². The normalized spacial score (nSPS) is 11.4. The van der Waals surface area contributed by atoms with E-state index in [1.807, 2.05) is 30.5 Å². The third-order valence-electron chi connectivity index (χ3n) is 5.55. The Morgan fingerprint density at radius 2 is 1.97 bits per heavy atom. The number of aromatic amines is 1. The Hall–Kier alpha value is -3.74. The van der Waals surface area contributed by atoms with E-state index in [9.17, 15) is 0 Å². The second kappa shape index (κ2) is 8.18. The Labute approximate surface area is 180 Å². The molecular weight excluding hydrogens is 388 g/mol. The van der Waals surface area contributed by atoms with E-state index < -0.39 is 0 Å². The molecule has 0 aliphatic rings. The molecule has 1 N–H and O–H groups in total. The molecule has 31 heavy (non-hydrogen) atoms. The highest BCUT2D eigenvalue weighted by Gasteiger charge is 2.16. The van der Waals surface area contributed by atoms with Crippen molar-refractivity contribution in [1.29, 1.82) is 0 Å². The SMILES string of the molecule is CCCCc1nccn1Cc1cc(C)c2oc(-c3ccccc3-c3nn[nH]n3)cc2c1. The van der Waals surface area contributed by atoms with Gasteiger partial charge in [0.2, 0.25) is 5.82 Å². The van der Waals surface area contributed by atoms with Gasteiger partial charge in [0.25, 0.3) is 0 Å². The largest absolute Gasteiger partial charge is 0.456 e. The van der Waals surface area contributed by atoms with Gasteiger partial charge in [-0.2, -0.15) is 5.21 Å². The zero-order chi connectivity index (χ0) is 21.2. The van der Waals surface area contributed by atoms with Crippen molar-refractivity contribution in [2.75, 3.05) is 0 Å². The van der Waals surface area contributed by atoms with Gasteiger partial charge in [-0.15, -0.1) is 10.2 Å². The van der Waals surface area contributed by atoms with Crippen LogP contribution in [0.5, 0.6) is 0 Å². The fraction of sp³-hybridized carbons (Fsp3) is 0.250. The van der Waals surface area contributed by atoms with Gasteiger partial charge in [0, 0.05) is 41.9 Å². The van der Waals surface area contributed by atoms with Crippen molar-refractivity contribution in [3.8, 4) is 22.7 Å². The fourth-order valence-electron chi connectivity index (χ4n) is 4.04. The smallest absolute Gasteiger partial charge is 0.205 e. The molecule has 7 nitrogen and oxygen atoms in total. The van der Waals surface area contributed by atoms with Crippen molar-refractivity contribution in [3.63, 3.8) is 0 Å². The molecule has 0 bridgehead atoms. The van der Waals surface area contributed by atoms with Crippen molar-refractivity contribution >= 4 is 11.0 Å². The summed E-state index contributed by atoms with van der Waals surface area (Å²) in [6, 6.07) is 14.4. The first-order valence-corrected chi connectivity index (χ1v) is 10.6. The summed E-state index contributed by atoms with van der Waals surface area (Å²) in [5, 5.41) is 15.6. The van der Waals surface area contributed by atoms with Crippen LogP contribution in [0.15, 0.2) is 59.3 Å². The average Bonchev–Trinajstić information content (AvgIpc) is 3.53. The van der Waals surface area contributed by atoms with Gasteiger partial charge in [-0.25, -0.2) is 4.98 Å². The lowest BCUT2D eigenvalue weighted by Crippen LogP contribution is -2.04. The summed E-state index contributed by atoms with van der Waals surface area (Å²) < 4.78 is 8.52. The van der Waals surface area contributed by atoms with Gasteiger partial charge in [0.1, 0.15) is 17.2 Å². The van der Waals surface area contributed by atoms with Gasteiger partial charge >= 0.3 is 0 Å². The van der Waals surface area contributed by atoms with Gasteiger partial charge in [0.05, 0.1) is 0 Å². The Morgan fingerprint density at radius 1 is 1.10 bits per heavy atom. The highest BCUT2D eigenvalue weighted by Crippen LogP contribution is 2.35. The van der Waals surface area contributed by atoms with Crippen molar-refractivity contribution in [2.24, 2.45) is 0 Å². The van der Waals surface area contributed by atoms with Gasteiger partial charge in [-0.3, -0.25) is 0 Å². The van der Waals surface area contributed by atoms with Crippen LogP contribution in [-0.4, -0.2) is 30.2 Å². The molecule has 3 aromatic heterocycles. The number of tetrazole rings is 1. The van der Waals surface area contributed by atoms with E-state index in [2.05, 4.69) is 68.4 Å². The monoisotopic (exact) mass is 412 g/mol. The molecule has 0 unspecified atom stereocenters. The van der Waals surface area contributed by atoms with Gasteiger partial charge < -0.3 is 8.98 Å². The molecule has 5 rings (SSSR count). The third-order valence-corrected chi connectivity index (χ3v) is 5.55. The predicted octanol–water partition coefficient (Wildman–Crippen LogP) is 5.18. The fourth-order valence-corrected chi connectivity index (χ4v) is 4.04. The van der Waals surface area contributed by atoms with E-state index >= 15 is 0 Å². The van der Waals surface area contributed by atoms with E-state index in [4.69, 9.17) is 4.42 Å². The Morgan fingerprint density at radius 3 is 2.77 bits per heavy atom. The molecule has 156 valence electrons. The molecule has 0 fully saturated rings. The number of benzene rings is 2. The number of nitrogens with one attached hydrogen (secondary N) is 1. The number of imidazole rings is 1. The molecular formula is C24H24N6O. The van der Waals surface area contributed by atoms with Crippen LogP contribution in [0.4, 0.5) is 0 Å². The second-order valence-electron chi connectivity index (χ2n) is 7.80. The number of hydrogen-bond donors (Lipinski definition) is 1. The summed E-state index contributed by atoms with van der Waals surface area (Å²) in [7, 11) is 0. The number of aromatic nitrogens is 6. The average molecular weight is 412 g/mol. The first kappa shape index (κ1) is 19.2. The summed E-state index contributed by atoms with van der Waals surface area (Å²) >= 11 is 0. The summed E-state index contributed by atoms with van der Waals surface area (Å²) in [6.45, 7) is 5.10. The van der Waals surface area contributed by atoms with Crippen LogP contribution in [-0.2, 0) is 13.0 Å². The maximum Gasteiger partial charge on any atom is 0.205 e. The maximum absolute atomic E-state index is 6.29. The number of furan rings is 1. The first-order valence-electron chi connectivity index (χ1n) is 10.6. The summed E-state index contributed by atoms with van der Waals surface area (Å²) in [4.78, 5) is 4.54. The molecule has 3 heterocycles. The highest BCUT2D eigenvalue weighted by molar-refractivity contribution is 5.88. The van der Waals surface area contributed by atoms with Crippen LogP contribution in [0.25, 0.3) is 33.7 Å². The van der Waals surface area contributed by atoms with Crippen LogP contribution in [0.2, 0.25) is 0 Å². The standard InChI is InChI=1S/C24H24N6O/c1-3-4-9-22-25-10-11-30(22)15-17-12-16(2)23-18(13-17)14-21(31-23)19-7-5-6-8-20(19)24-26-28-29-27-24/h5-8,10-14H,3-4,9,15H2,1-2H3,(H,26,27,28,29). The van der Waals surface area contributed by atoms with Crippen molar-refractivity contribution in [3.05, 3.63) is 71.8 Å². The Balaban J connectivity index is 1.51. The number of nitrogens with zero attached hydrogens (tertiary/aromatic N) is 5. The number of unbranched alkanes of at least 4 members (excludes halogenated alkanes) is 1. The van der Waals surface area contributed by atoms with Crippen molar-refractivity contribution in [2.45, 2.75) is 39.7 Å². The van der Waals surface area contributed by atoms with Crippen LogP contribution in [0.3, 0.4) is 0 Å². The number of fused-ring (bicyclic) bond motifs is 1. The molecule has 0 aliphatic heterocycles.